The van der Waals surface area contributed by atoms with E-state index in [1.54, 1.807) is 6.08 Å². The van der Waals surface area contributed by atoms with Crippen molar-refractivity contribution in [2.45, 2.75) is 18.9 Å². The van der Waals surface area contributed by atoms with Crippen LogP contribution in [-0.4, -0.2) is 10.1 Å². The lowest BCUT2D eigenvalue weighted by molar-refractivity contribution is 0.164. The summed E-state index contributed by atoms with van der Waals surface area (Å²) >= 11 is 0. The maximum Gasteiger partial charge on any atom is 0.141 e. The van der Waals surface area contributed by atoms with Crippen LogP contribution in [0.5, 0.6) is 0 Å². The molecule has 1 N–H and O–H groups in total. The zero-order valence-electron chi connectivity index (χ0n) is 7.28. The molecule has 0 aliphatic rings. The molecule has 1 atom stereocenters. The number of aromatic nitrogens is 1. The summed E-state index contributed by atoms with van der Waals surface area (Å²) in [5.41, 5.74) is 0.503. The summed E-state index contributed by atoms with van der Waals surface area (Å²) in [6.07, 6.45) is 3.50. The number of aliphatic hydroxyl groups excluding tert-OH is 1. The summed E-state index contributed by atoms with van der Waals surface area (Å²) in [5.74, 6) is -0.389. The summed E-state index contributed by atoms with van der Waals surface area (Å²) in [4.78, 5) is 3.77. The number of nitrogens with zero attached hydrogens (tertiary/aromatic N) is 1. The van der Waals surface area contributed by atoms with Crippen molar-refractivity contribution in [3.8, 4) is 0 Å². The van der Waals surface area contributed by atoms with Crippen LogP contribution in [0.3, 0.4) is 0 Å². The molecular formula is C10H12FNO. The quantitative estimate of drug-likeness (QED) is 0.722. The highest BCUT2D eigenvalue weighted by Gasteiger charge is 2.07. The third kappa shape index (κ3) is 2.95. The van der Waals surface area contributed by atoms with E-state index in [9.17, 15) is 9.50 Å². The maximum absolute atomic E-state index is 12.4. The van der Waals surface area contributed by atoms with Gasteiger partial charge in [0.2, 0.25) is 0 Å². The lowest BCUT2D eigenvalue weighted by Gasteiger charge is -2.07. The Morgan fingerprint density at radius 2 is 2.38 bits per heavy atom. The molecule has 13 heavy (non-hydrogen) atoms. The fourth-order valence-electron chi connectivity index (χ4n) is 1.01. The van der Waals surface area contributed by atoms with Crippen LogP contribution in [0.4, 0.5) is 4.39 Å². The Kier molecular flexibility index (Phi) is 3.58. The first-order valence-corrected chi connectivity index (χ1v) is 4.14. The smallest absolute Gasteiger partial charge is 0.141 e. The first kappa shape index (κ1) is 9.86. The van der Waals surface area contributed by atoms with Gasteiger partial charge in [0.05, 0.1) is 18.0 Å². The molecule has 0 aromatic carbocycles. The normalized spacial score (nSPS) is 12.5. The predicted molar refractivity (Wildman–Crippen MR) is 48.6 cm³/mol. The van der Waals surface area contributed by atoms with Gasteiger partial charge in [0, 0.05) is 0 Å². The van der Waals surface area contributed by atoms with Crippen LogP contribution < -0.4 is 0 Å². The van der Waals surface area contributed by atoms with Crippen molar-refractivity contribution in [3.05, 3.63) is 42.5 Å². The standard InChI is InChI=1S/C10H12FNO/c1-2-3-4-10(13)9-6-5-8(11)7-12-9/h2,5-7,10,13H,1,3-4H2. The van der Waals surface area contributed by atoms with Crippen molar-refractivity contribution >= 4 is 0 Å². The van der Waals surface area contributed by atoms with Crippen molar-refractivity contribution in [2.75, 3.05) is 0 Å². The molecule has 1 rings (SSSR count). The molecule has 2 nitrogen and oxygen atoms in total. The molecule has 0 fully saturated rings. The molecule has 0 saturated heterocycles. The first-order chi connectivity index (χ1) is 6.24. The van der Waals surface area contributed by atoms with Crippen molar-refractivity contribution in [3.63, 3.8) is 0 Å². The maximum atomic E-state index is 12.4. The van der Waals surface area contributed by atoms with E-state index < -0.39 is 6.10 Å². The van der Waals surface area contributed by atoms with Crippen molar-refractivity contribution in [1.82, 2.24) is 4.98 Å². The Morgan fingerprint density at radius 3 is 2.92 bits per heavy atom. The van der Waals surface area contributed by atoms with E-state index >= 15 is 0 Å². The number of aliphatic hydroxyl groups is 1. The molecule has 0 aliphatic carbocycles. The van der Waals surface area contributed by atoms with Crippen LogP contribution in [0.2, 0.25) is 0 Å². The molecule has 1 heterocycles. The molecule has 3 heteroatoms. The minimum absolute atomic E-state index is 0.389. The SMILES string of the molecule is C=CCCC(O)c1ccc(F)cn1. The average Bonchev–Trinajstić information content (AvgIpc) is 2.15. The van der Waals surface area contributed by atoms with Gasteiger partial charge in [0.15, 0.2) is 0 Å². The fourth-order valence-corrected chi connectivity index (χ4v) is 1.01. The number of halogens is 1. The molecule has 0 saturated carbocycles. The number of pyridine rings is 1. The van der Waals surface area contributed by atoms with Gasteiger partial charge in [-0.25, -0.2) is 4.39 Å². The monoisotopic (exact) mass is 181 g/mol. The molecule has 70 valence electrons. The molecule has 0 spiro atoms. The summed E-state index contributed by atoms with van der Waals surface area (Å²) < 4.78 is 12.4. The van der Waals surface area contributed by atoms with Crippen LogP contribution in [0.25, 0.3) is 0 Å². The highest BCUT2D eigenvalue weighted by atomic mass is 19.1. The minimum atomic E-state index is -0.626. The van der Waals surface area contributed by atoms with Gasteiger partial charge in [-0.15, -0.1) is 6.58 Å². The molecular weight excluding hydrogens is 169 g/mol. The van der Waals surface area contributed by atoms with E-state index in [4.69, 9.17) is 0 Å². The van der Waals surface area contributed by atoms with Crippen LogP contribution in [0.1, 0.15) is 24.6 Å². The van der Waals surface area contributed by atoms with Crippen LogP contribution in [-0.2, 0) is 0 Å². The summed E-state index contributed by atoms with van der Waals surface area (Å²) in [5, 5.41) is 9.51. The Labute approximate surface area is 76.7 Å². The highest BCUT2D eigenvalue weighted by Crippen LogP contribution is 2.15. The lowest BCUT2D eigenvalue weighted by Crippen LogP contribution is -1.99. The van der Waals surface area contributed by atoms with Gasteiger partial charge in [0.1, 0.15) is 5.82 Å². The van der Waals surface area contributed by atoms with Crippen LogP contribution >= 0.6 is 0 Å². The Morgan fingerprint density at radius 1 is 1.62 bits per heavy atom. The van der Waals surface area contributed by atoms with Crippen molar-refractivity contribution in [1.29, 1.82) is 0 Å². The molecule has 1 aromatic heterocycles. The van der Waals surface area contributed by atoms with Crippen molar-refractivity contribution < 1.29 is 9.50 Å². The highest BCUT2D eigenvalue weighted by molar-refractivity contribution is 5.07. The summed E-state index contributed by atoms with van der Waals surface area (Å²) in [7, 11) is 0. The molecule has 0 amide bonds. The van der Waals surface area contributed by atoms with E-state index in [0.29, 0.717) is 12.1 Å². The van der Waals surface area contributed by atoms with Gasteiger partial charge in [-0.05, 0) is 25.0 Å². The number of allylic oxidation sites excluding steroid dienone is 1. The van der Waals surface area contributed by atoms with Crippen molar-refractivity contribution in [2.24, 2.45) is 0 Å². The third-order valence-electron chi connectivity index (χ3n) is 1.74. The largest absolute Gasteiger partial charge is 0.387 e. The zero-order chi connectivity index (χ0) is 9.68. The fraction of sp³-hybridized carbons (Fsp3) is 0.300. The van der Waals surface area contributed by atoms with Gasteiger partial charge in [-0.2, -0.15) is 0 Å². The average molecular weight is 181 g/mol. The second-order valence-corrected chi connectivity index (χ2v) is 2.78. The molecule has 1 unspecified atom stereocenters. The zero-order valence-corrected chi connectivity index (χ0v) is 7.28. The number of rotatable bonds is 4. The molecule has 1 aromatic rings. The van der Waals surface area contributed by atoms with E-state index in [-0.39, 0.29) is 5.82 Å². The molecule has 0 bridgehead atoms. The number of hydrogen-bond acceptors (Lipinski definition) is 2. The van der Waals surface area contributed by atoms with E-state index in [1.165, 1.54) is 12.1 Å². The third-order valence-corrected chi connectivity index (χ3v) is 1.74. The Hall–Kier alpha value is -1.22. The van der Waals surface area contributed by atoms with Gasteiger partial charge in [-0.3, -0.25) is 4.98 Å². The second kappa shape index (κ2) is 4.72. The molecule has 0 radical (unpaired) electrons. The van der Waals surface area contributed by atoms with Gasteiger partial charge in [-0.1, -0.05) is 6.08 Å². The summed E-state index contributed by atoms with van der Waals surface area (Å²) in [6, 6.07) is 2.78. The molecule has 0 aliphatic heterocycles. The Balaban J connectivity index is 2.60. The first-order valence-electron chi connectivity index (χ1n) is 4.14. The van der Waals surface area contributed by atoms with E-state index in [0.717, 1.165) is 12.6 Å². The van der Waals surface area contributed by atoms with E-state index in [1.807, 2.05) is 0 Å². The lowest BCUT2D eigenvalue weighted by atomic mass is 10.1. The van der Waals surface area contributed by atoms with Crippen LogP contribution in [0.15, 0.2) is 31.0 Å². The van der Waals surface area contributed by atoms with Gasteiger partial charge < -0.3 is 5.11 Å². The predicted octanol–water partition coefficient (Wildman–Crippen LogP) is 2.22. The van der Waals surface area contributed by atoms with Gasteiger partial charge >= 0.3 is 0 Å². The van der Waals surface area contributed by atoms with Gasteiger partial charge in [0.25, 0.3) is 0 Å². The van der Waals surface area contributed by atoms with E-state index in [2.05, 4.69) is 11.6 Å². The topological polar surface area (TPSA) is 33.1 Å². The summed E-state index contributed by atoms with van der Waals surface area (Å²) in [6.45, 7) is 3.55. The number of hydrogen-bond donors (Lipinski definition) is 1. The minimum Gasteiger partial charge on any atom is -0.387 e. The van der Waals surface area contributed by atoms with Crippen LogP contribution in [0, 0.1) is 5.82 Å². The Bertz CT molecular complexity index is 271. The second-order valence-electron chi connectivity index (χ2n) is 2.78.